The predicted molar refractivity (Wildman–Crippen MR) is 271 cm³/mol. The zero-order valence-electron chi connectivity index (χ0n) is 44.1. The minimum absolute atomic E-state index is 0.171. The van der Waals surface area contributed by atoms with E-state index in [1.54, 1.807) is 6.08 Å². The van der Waals surface area contributed by atoms with Crippen LogP contribution in [0, 0.1) is 0 Å². The summed E-state index contributed by atoms with van der Waals surface area (Å²) in [6.45, 7) is 2.52. The van der Waals surface area contributed by atoms with Gasteiger partial charge in [-0.25, -0.2) is 8.98 Å². The number of carboxylic acids is 1. The Morgan fingerprint density at radius 1 is 0.757 bits per heavy atom. The molecule has 2 aliphatic rings. The number of allylic oxidation sites excluding steroid dienone is 1. The lowest BCUT2D eigenvalue weighted by Gasteiger charge is -2.47. The molecule has 74 heavy (non-hydrogen) atoms. The maximum absolute atomic E-state index is 13.3. The maximum atomic E-state index is 13.3. The average Bonchev–Trinajstić information content (AvgIpc) is 3.35. The summed E-state index contributed by atoms with van der Waals surface area (Å²) in [4.78, 5) is 38.2. The van der Waals surface area contributed by atoms with Gasteiger partial charge in [-0.1, -0.05) is 167 Å². The number of amides is 2. The number of hydrogen-bond donors (Lipinski definition) is 12. The first-order valence-electron chi connectivity index (χ1n) is 27.3. The molecule has 0 spiro atoms. The first kappa shape index (κ1) is 67.6. The monoisotopic (exact) mass is 1090 g/mol. The lowest BCUT2D eigenvalue weighted by atomic mass is 9.88. The minimum atomic E-state index is -5.34. The highest BCUT2D eigenvalue weighted by Gasteiger charge is 2.57. The second-order valence-electron chi connectivity index (χ2n) is 20.1. The summed E-state index contributed by atoms with van der Waals surface area (Å²) in [6.07, 6.45) is 8.30. The van der Waals surface area contributed by atoms with Crippen molar-refractivity contribution >= 4 is 28.2 Å². The molecule has 2 heterocycles. The molecule has 0 bridgehead atoms. The lowest BCUT2D eigenvalue weighted by molar-refractivity contribution is -0.338. The molecule has 2 aliphatic heterocycles. The molecule has 0 radical (unpaired) electrons. The number of aliphatic hydroxyl groups is 8. The highest BCUT2D eigenvalue weighted by molar-refractivity contribution is 7.80. The van der Waals surface area contributed by atoms with Gasteiger partial charge in [-0.05, 0) is 19.3 Å². The van der Waals surface area contributed by atoms with Crippen LogP contribution in [0.3, 0.4) is 0 Å². The largest absolute Gasteiger partial charge is 0.477 e. The normalized spacial score (nSPS) is 26.6. The fourth-order valence-electron chi connectivity index (χ4n) is 9.23. The van der Waals surface area contributed by atoms with Gasteiger partial charge >= 0.3 is 16.4 Å². The van der Waals surface area contributed by atoms with Crippen molar-refractivity contribution in [3.8, 4) is 0 Å². The van der Waals surface area contributed by atoms with Crippen LogP contribution in [-0.2, 0) is 47.9 Å². The Balaban J connectivity index is 2.14. The molecule has 434 valence electrons. The zero-order chi connectivity index (χ0) is 55.1. The molecule has 0 aromatic rings. The molecular formula is C51H94N2O20S. The number of unbranched alkanes of at least 4 members (excludes halogenated alkanes) is 22. The molecule has 22 nitrogen and oxygen atoms in total. The third-order valence-electron chi connectivity index (χ3n) is 13.7. The van der Waals surface area contributed by atoms with E-state index in [9.17, 15) is 73.3 Å². The average molecular weight is 1090 g/mol. The van der Waals surface area contributed by atoms with E-state index in [1.807, 2.05) is 0 Å². The molecular weight excluding hydrogens is 993 g/mol. The minimum Gasteiger partial charge on any atom is -0.477 e. The Morgan fingerprint density at radius 3 is 1.76 bits per heavy atom. The molecule has 0 aromatic carbocycles. The summed E-state index contributed by atoms with van der Waals surface area (Å²) in [7, 11) is -5.34. The topological polar surface area (TPSA) is 358 Å². The van der Waals surface area contributed by atoms with Gasteiger partial charge in [-0.2, -0.15) is 8.42 Å². The number of ether oxygens (including phenoxy) is 4. The summed E-state index contributed by atoms with van der Waals surface area (Å²) < 4.78 is 59.2. The van der Waals surface area contributed by atoms with E-state index in [1.165, 1.54) is 96.0 Å². The van der Waals surface area contributed by atoms with Crippen molar-refractivity contribution in [2.45, 2.75) is 273 Å². The van der Waals surface area contributed by atoms with Gasteiger partial charge in [0.2, 0.25) is 11.8 Å². The molecule has 2 fully saturated rings. The third kappa shape index (κ3) is 25.8. The Kier molecular flexibility index (Phi) is 34.2. The van der Waals surface area contributed by atoms with Gasteiger partial charge in [0.25, 0.3) is 5.79 Å². The molecule has 2 saturated heterocycles. The van der Waals surface area contributed by atoms with Gasteiger partial charge in [0.05, 0.1) is 44.1 Å². The fraction of sp³-hybridized carbons (Fsp3) is 0.902. The summed E-state index contributed by atoms with van der Waals surface area (Å²) in [5, 5.41) is 102. The lowest BCUT2D eigenvalue weighted by Crippen LogP contribution is -2.68. The quantitative estimate of drug-likeness (QED) is 0.0237. The van der Waals surface area contributed by atoms with Crippen molar-refractivity contribution < 1.29 is 96.4 Å². The number of nitrogens with one attached hydrogen (secondary N) is 2. The molecule has 0 aliphatic carbocycles. The Bertz CT molecular complexity index is 1680. The van der Waals surface area contributed by atoms with Gasteiger partial charge in [-0.15, -0.1) is 0 Å². The van der Waals surface area contributed by atoms with E-state index >= 15 is 0 Å². The van der Waals surface area contributed by atoms with Crippen molar-refractivity contribution in [2.75, 3.05) is 19.8 Å². The van der Waals surface area contributed by atoms with Crippen LogP contribution in [0.1, 0.15) is 188 Å². The van der Waals surface area contributed by atoms with Crippen LogP contribution in [0.25, 0.3) is 0 Å². The van der Waals surface area contributed by atoms with Crippen molar-refractivity contribution in [2.24, 2.45) is 0 Å². The van der Waals surface area contributed by atoms with Gasteiger partial charge in [0.15, 0.2) is 6.29 Å². The second-order valence-corrected chi connectivity index (χ2v) is 21.1. The highest BCUT2D eigenvalue weighted by Crippen LogP contribution is 2.35. The van der Waals surface area contributed by atoms with E-state index in [0.717, 1.165) is 58.3 Å². The molecule has 14 atom stereocenters. The standard InChI is InChI=1S/C51H94N2O20S/c1-4-6-8-10-12-14-16-17-18-20-22-24-26-28-30-38(57)48(63)53-36(37(56)29-27-25-23-21-19-15-13-11-9-7-5-2)33-69-49-46(62)45(61)43(59)41(71-49)34-70-51(50(64)65)31-39(58)42(52-35(3)55)47(72-51)44(60)40(32-54)73-74(66,67)68/h27,29,36-47,49,54,56-62H,4-26,28,30-34H2,1-3H3,(H,52,55)(H,53,63)(H,64,65)(H,66,67,68)/b29-27+/t36-,37+,38+,39-,40+,41+,42+,43+,44+,45-,46+,47+,49+,51+/m0/s1. The number of carboxylic acid groups (broad SMARTS) is 1. The first-order valence-corrected chi connectivity index (χ1v) is 28.7. The van der Waals surface area contributed by atoms with Crippen LogP contribution in [0.15, 0.2) is 12.2 Å². The summed E-state index contributed by atoms with van der Waals surface area (Å²) in [5.41, 5.74) is 0. The summed E-state index contributed by atoms with van der Waals surface area (Å²) in [6, 6.07) is -2.91. The van der Waals surface area contributed by atoms with Crippen molar-refractivity contribution in [3.05, 3.63) is 12.2 Å². The van der Waals surface area contributed by atoms with Crippen LogP contribution >= 0.6 is 0 Å². The van der Waals surface area contributed by atoms with Crippen molar-refractivity contribution in [3.63, 3.8) is 0 Å². The Morgan fingerprint density at radius 2 is 1.27 bits per heavy atom. The zero-order valence-corrected chi connectivity index (χ0v) is 44.9. The van der Waals surface area contributed by atoms with Crippen molar-refractivity contribution in [1.82, 2.24) is 10.6 Å². The third-order valence-corrected chi connectivity index (χ3v) is 14.2. The smallest absolute Gasteiger partial charge is 0.397 e. The number of carbonyl (C=O) groups is 3. The molecule has 2 amide bonds. The number of rotatable bonds is 42. The second kappa shape index (κ2) is 37.4. The SMILES string of the molecule is CCCCCCCCCCC/C=C/[C@@H](O)[C@H](CO[C@@H]1O[C@H](CO[C@]2(C(=O)O)C[C@H](O)[C@@H](NC(C)=O)[C@H]([C@H](O)[C@@H](CO)OS(=O)(=O)O)O2)[C@@H](O)[C@H](O)[C@H]1O)NC(=O)[C@H](O)CCCCCCCCCCCCCCCC. The number of hydrogen-bond acceptors (Lipinski definition) is 18. The molecule has 0 saturated carbocycles. The Labute approximate surface area is 438 Å². The number of aliphatic hydroxyl groups excluding tert-OH is 8. The van der Waals surface area contributed by atoms with Gasteiger partial charge in [0.1, 0.15) is 48.8 Å². The molecule has 0 aromatic heterocycles. The van der Waals surface area contributed by atoms with Crippen molar-refractivity contribution in [1.29, 1.82) is 0 Å². The van der Waals surface area contributed by atoms with Crippen LogP contribution < -0.4 is 10.6 Å². The predicted octanol–water partition coefficient (Wildman–Crippen LogP) is 3.36. The maximum Gasteiger partial charge on any atom is 0.397 e. The van der Waals surface area contributed by atoms with Crippen LogP contribution in [0.2, 0.25) is 0 Å². The van der Waals surface area contributed by atoms with Gasteiger partial charge in [-0.3, -0.25) is 14.1 Å². The highest BCUT2D eigenvalue weighted by atomic mass is 32.3. The van der Waals surface area contributed by atoms with Crippen LogP contribution in [-0.4, -0.2) is 182 Å². The molecule has 2 rings (SSSR count). The number of carbonyl (C=O) groups excluding carboxylic acids is 2. The first-order chi connectivity index (χ1) is 35.2. The van der Waals surface area contributed by atoms with E-state index in [2.05, 4.69) is 28.7 Å². The van der Waals surface area contributed by atoms with Crippen LogP contribution in [0.4, 0.5) is 0 Å². The molecule has 23 heteroatoms. The van der Waals surface area contributed by atoms with Gasteiger partial charge in [0, 0.05) is 13.3 Å². The number of aliphatic carboxylic acids is 1. The van der Waals surface area contributed by atoms with Gasteiger partial charge < -0.3 is 75.5 Å². The van der Waals surface area contributed by atoms with E-state index in [-0.39, 0.29) is 6.42 Å². The summed E-state index contributed by atoms with van der Waals surface area (Å²) >= 11 is 0. The molecule has 0 unspecified atom stereocenters. The van der Waals surface area contributed by atoms with Crippen LogP contribution in [0.5, 0.6) is 0 Å². The Hall–Kier alpha value is -2.46. The fourth-order valence-corrected chi connectivity index (χ4v) is 9.72. The van der Waals surface area contributed by atoms with E-state index in [4.69, 9.17) is 18.9 Å². The molecule has 12 N–H and O–H groups in total. The van der Waals surface area contributed by atoms with E-state index < -0.39 is 140 Å². The van der Waals surface area contributed by atoms with E-state index in [0.29, 0.717) is 12.8 Å². The summed E-state index contributed by atoms with van der Waals surface area (Å²) in [5.74, 6) is -6.52.